The van der Waals surface area contributed by atoms with Gasteiger partial charge in [-0.25, -0.2) is 4.79 Å². The lowest BCUT2D eigenvalue weighted by Gasteiger charge is -2.09. The van der Waals surface area contributed by atoms with E-state index in [1.54, 1.807) is 36.4 Å². The second-order valence-corrected chi connectivity index (χ2v) is 7.95. The summed E-state index contributed by atoms with van der Waals surface area (Å²) in [4.78, 5) is 24.4. The fourth-order valence-corrected chi connectivity index (χ4v) is 3.80. The summed E-state index contributed by atoms with van der Waals surface area (Å²) in [5.74, 6) is 1.26. The molecule has 0 unspecified atom stereocenters. The van der Waals surface area contributed by atoms with Gasteiger partial charge in [-0.3, -0.25) is 14.7 Å². The molecule has 164 valence electrons. The van der Waals surface area contributed by atoms with Crippen molar-refractivity contribution >= 4 is 41.0 Å². The molecule has 0 bridgehead atoms. The molecule has 1 aliphatic heterocycles. The number of amides is 3. The molecule has 0 fully saturated rings. The molecule has 0 atom stereocenters. The van der Waals surface area contributed by atoms with Gasteiger partial charge in [0.25, 0.3) is 0 Å². The van der Waals surface area contributed by atoms with E-state index in [2.05, 4.69) is 27.4 Å². The van der Waals surface area contributed by atoms with E-state index in [4.69, 9.17) is 21.1 Å². The highest BCUT2D eigenvalue weighted by molar-refractivity contribution is 7.99. The number of benzene rings is 2. The molecule has 2 aromatic carbocycles. The van der Waals surface area contributed by atoms with Crippen molar-refractivity contribution < 1.29 is 19.1 Å². The summed E-state index contributed by atoms with van der Waals surface area (Å²) >= 11 is 7.12. The van der Waals surface area contributed by atoms with Gasteiger partial charge in [0.1, 0.15) is 0 Å². The highest BCUT2D eigenvalue weighted by Gasteiger charge is 2.17. The van der Waals surface area contributed by atoms with Gasteiger partial charge in [0.05, 0.1) is 5.75 Å². The maximum Gasteiger partial charge on any atom is 0.325 e. The van der Waals surface area contributed by atoms with Crippen LogP contribution in [0.4, 0.5) is 10.5 Å². The van der Waals surface area contributed by atoms with Gasteiger partial charge in [-0.15, -0.1) is 16.8 Å². The van der Waals surface area contributed by atoms with Crippen molar-refractivity contribution in [1.29, 1.82) is 0 Å². The molecule has 1 aromatic heterocycles. The molecule has 2 N–H and O–H groups in total. The Morgan fingerprint density at radius 1 is 1.16 bits per heavy atom. The van der Waals surface area contributed by atoms with E-state index in [1.807, 2.05) is 16.7 Å². The Morgan fingerprint density at radius 3 is 2.72 bits per heavy atom. The third kappa shape index (κ3) is 5.04. The third-order valence-electron chi connectivity index (χ3n) is 4.35. The number of thioether (sulfide) groups is 1. The van der Waals surface area contributed by atoms with E-state index in [9.17, 15) is 9.59 Å². The quantitative estimate of drug-likeness (QED) is 0.396. The van der Waals surface area contributed by atoms with Crippen molar-refractivity contribution in [1.82, 2.24) is 20.1 Å². The van der Waals surface area contributed by atoms with Gasteiger partial charge < -0.3 is 14.8 Å². The van der Waals surface area contributed by atoms with Crippen molar-refractivity contribution in [2.75, 3.05) is 17.9 Å². The minimum atomic E-state index is -0.649. The SMILES string of the molecule is C=CCn1c(SCC(=O)NC(=O)Nc2ccc3c(c2)OCO3)nnc1-c1ccc(Cl)cc1. The fourth-order valence-electron chi connectivity index (χ4n) is 2.93. The number of urea groups is 1. The monoisotopic (exact) mass is 471 g/mol. The molecule has 0 saturated carbocycles. The topological polar surface area (TPSA) is 107 Å². The average molecular weight is 472 g/mol. The number of fused-ring (bicyclic) bond motifs is 1. The molecule has 1 aliphatic rings. The molecule has 4 rings (SSSR count). The molecule has 0 aliphatic carbocycles. The van der Waals surface area contributed by atoms with Crippen LogP contribution in [0.25, 0.3) is 11.4 Å². The second-order valence-electron chi connectivity index (χ2n) is 6.57. The largest absolute Gasteiger partial charge is 0.454 e. The number of allylic oxidation sites excluding steroid dienone is 1. The summed E-state index contributed by atoms with van der Waals surface area (Å²) in [6.07, 6.45) is 1.71. The zero-order valence-electron chi connectivity index (χ0n) is 16.7. The Kier molecular flexibility index (Phi) is 6.62. The molecule has 0 radical (unpaired) electrons. The summed E-state index contributed by atoms with van der Waals surface area (Å²) < 4.78 is 12.3. The first-order valence-corrected chi connectivity index (χ1v) is 10.8. The normalized spacial score (nSPS) is 11.8. The molecule has 0 spiro atoms. The highest BCUT2D eigenvalue weighted by atomic mass is 35.5. The first kappa shape index (κ1) is 21.7. The number of imide groups is 1. The number of nitrogens with one attached hydrogen (secondary N) is 2. The molecule has 3 amide bonds. The Labute approximate surface area is 192 Å². The van der Waals surface area contributed by atoms with Crippen LogP contribution in [0.15, 0.2) is 60.3 Å². The lowest BCUT2D eigenvalue weighted by atomic mass is 10.2. The number of hydrogen-bond acceptors (Lipinski definition) is 7. The number of anilines is 1. The number of hydrogen-bond donors (Lipinski definition) is 2. The van der Waals surface area contributed by atoms with Crippen LogP contribution in [0, 0.1) is 0 Å². The first-order valence-electron chi connectivity index (χ1n) is 9.47. The lowest BCUT2D eigenvalue weighted by Crippen LogP contribution is -2.35. The lowest BCUT2D eigenvalue weighted by molar-refractivity contribution is -0.117. The van der Waals surface area contributed by atoms with Gasteiger partial charge in [-0.05, 0) is 36.4 Å². The van der Waals surface area contributed by atoms with Crippen LogP contribution >= 0.6 is 23.4 Å². The van der Waals surface area contributed by atoms with Crippen molar-refractivity contribution in [2.45, 2.75) is 11.7 Å². The van der Waals surface area contributed by atoms with Gasteiger partial charge in [0.15, 0.2) is 22.5 Å². The molecule has 11 heteroatoms. The minimum Gasteiger partial charge on any atom is -0.454 e. The molecule has 32 heavy (non-hydrogen) atoms. The Morgan fingerprint density at radius 2 is 1.94 bits per heavy atom. The second kappa shape index (κ2) is 9.75. The van der Waals surface area contributed by atoms with Gasteiger partial charge >= 0.3 is 6.03 Å². The number of aromatic nitrogens is 3. The van der Waals surface area contributed by atoms with Crippen LogP contribution in [-0.4, -0.2) is 39.2 Å². The smallest absolute Gasteiger partial charge is 0.325 e. The number of carbonyl (C=O) groups excluding carboxylic acids is 2. The maximum absolute atomic E-state index is 12.3. The van der Waals surface area contributed by atoms with Crippen molar-refractivity contribution in [3.05, 3.63) is 60.1 Å². The standard InChI is InChI=1S/C21H18ClN5O4S/c1-2-9-27-19(13-3-5-14(22)6-4-13)25-26-21(27)32-11-18(28)24-20(29)23-15-7-8-16-17(10-15)31-12-30-16/h2-8,10H,1,9,11-12H2,(H2,23,24,28,29). The van der Waals surface area contributed by atoms with Gasteiger partial charge in [0.2, 0.25) is 12.7 Å². The summed E-state index contributed by atoms with van der Waals surface area (Å²) in [5.41, 5.74) is 1.31. The van der Waals surface area contributed by atoms with E-state index in [-0.39, 0.29) is 12.5 Å². The predicted octanol–water partition coefficient (Wildman–Crippen LogP) is 3.95. The van der Waals surface area contributed by atoms with Gasteiger partial charge in [0, 0.05) is 28.9 Å². The van der Waals surface area contributed by atoms with Gasteiger partial charge in [-0.2, -0.15) is 0 Å². The Hall–Kier alpha value is -3.50. The number of carbonyl (C=O) groups is 2. The van der Waals surface area contributed by atoms with Crippen LogP contribution in [0.1, 0.15) is 0 Å². The first-order chi connectivity index (χ1) is 15.5. The van der Waals surface area contributed by atoms with Crippen LogP contribution in [0.3, 0.4) is 0 Å². The van der Waals surface area contributed by atoms with Crippen molar-refractivity contribution in [3.8, 4) is 22.9 Å². The maximum atomic E-state index is 12.3. The molecule has 2 heterocycles. The van der Waals surface area contributed by atoms with Crippen LogP contribution in [-0.2, 0) is 11.3 Å². The van der Waals surface area contributed by atoms with Crippen molar-refractivity contribution in [2.24, 2.45) is 0 Å². The average Bonchev–Trinajstić information content (AvgIpc) is 3.40. The summed E-state index contributed by atoms with van der Waals surface area (Å²) in [6, 6.07) is 11.5. The molecule has 9 nitrogen and oxygen atoms in total. The molecule has 0 saturated heterocycles. The van der Waals surface area contributed by atoms with E-state index >= 15 is 0 Å². The molecule has 3 aromatic rings. The van der Waals surface area contributed by atoms with E-state index in [0.717, 1.165) is 5.56 Å². The third-order valence-corrected chi connectivity index (χ3v) is 5.57. The number of ether oxygens (including phenoxy) is 2. The summed E-state index contributed by atoms with van der Waals surface area (Å²) in [7, 11) is 0. The Bertz CT molecular complexity index is 1170. The van der Waals surface area contributed by atoms with Crippen LogP contribution < -0.4 is 20.1 Å². The minimum absolute atomic E-state index is 0.0234. The number of halogens is 1. The summed E-state index contributed by atoms with van der Waals surface area (Å²) in [5, 5.41) is 14.4. The van der Waals surface area contributed by atoms with Crippen molar-refractivity contribution in [3.63, 3.8) is 0 Å². The van der Waals surface area contributed by atoms with Gasteiger partial charge in [-0.1, -0.05) is 29.4 Å². The Balaban J connectivity index is 1.35. The number of rotatable bonds is 7. The zero-order chi connectivity index (χ0) is 22.5. The number of nitrogens with zero attached hydrogens (tertiary/aromatic N) is 3. The predicted molar refractivity (Wildman–Crippen MR) is 121 cm³/mol. The highest BCUT2D eigenvalue weighted by Crippen LogP contribution is 2.34. The molecular weight excluding hydrogens is 454 g/mol. The van der Waals surface area contributed by atoms with E-state index in [0.29, 0.717) is 39.7 Å². The summed E-state index contributed by atoms with van der Waals surface area (Å²) in [6.45, 7) is 4.36. The van der Waals surface area contributed by atoms with E-state index in [1.165, 1.54) is 11.8 Å². The fraction of sp³-hybridized carbons (Fsp3) is 0.143. The van der Waals surface area contributed by atoms with Crippen LogP contribution in [0.5, 0.6) is 11.5 Å². The molecular formula is C21H18ClN5O4S. The zero-order valence-corrected chi connectivity index (χ0v) is 18.3. The van der Waals surface area contributed by atoms with E-state index < -0.39 is 11.9 Å². The van der Waals surface area contributed by atoms with Crippen LogP contribution in [0.2, 0.25) is 5.02 Å².